The van der Waals surface area contributed by atoms with Crippen LogP contribution in [0.4, 0.5) is 4.39 Å². The van der Waals surface area contributed by atoms with Gasteiger partial charge in [0.15, 0.2) is 0 Å². The number of aromatic nitrogens is 2. The third-order valence-corrected chi connectivity index (χ3v) is 3.19. The van der Waals surface area contributed by atoms with Gasteiger partial charge < -0.3 is 15.2 Å². The van der Waals surface area contributed by atoms with Gasteiger partial charge in [-0.15, -0.1) is 0 Å². The highest BCUT2D eigenvalue weighted by Gasteiger charge is 2.14. The molecule has 0 spiro atoms. The Labute approximate surface area is 113 Å². The Hall–Kier alpha value is -1.46. The molecule has 0 saturated carbocycles. The molecule has 1 aromatic carbocycles. The zero-order chi connectivity index (χ0) is 14.0. The summed E-state index contributed by atoms with van der Waals surface area (Å²) in [4.78, 5) is 6.57. The Bertz CT molecular complexity index is 562. The largest absolute Gasteiger partial charge is 0.326 e. The van der Waals surface area contributed by atoms with Crippen molar-refractivity contribution in [1.82, 2.24) is 14.5 Å². The summed E-state index contributed by atoms with van der Waals surface area (Å²) in [6.07, 6.45) is 0.905. The van der Waals surface area contributed by atoms with Crippen molar-refractivity contribution in [1.29, 1.82) is 0 Å². The maximum Gasteiger partial charge on any atom is 0.125 e. The molecule has 0 amide bonds. The van der Waals surface area contributed by atoms with E-state index in [9.17, 15) is 4.39 Å². The van der Waals surface area contributed by atoms with E-state index in [1.807, 2.05) is 19.0 Å². The standard InChI is InChI=1S/C14H21FN4/c1-4-11(16)8-19-13-6-5-10(15)7-12(13)17-14(19)9-18(2)3/h5-7,11H,4,8-9,16H2,1-3H3. The van der Waals surface area contributed by atoms with Crippen molar-refractivity contribution in [2.75, 3.05) is 14.1 Å². The SMILES string of the molecule is CCC(N)Cn1c(CN(C)C)nc2cc(F)ccc21. The van der Waals surface area contributed by atoms with Gasteiger partial charge in [-0.1, -0.05) is 6.92 Å². The lowest BCUT2D eigenvalue weighted by Gasteiger charge is -2.16. The Kier molecular flexibility index (Phi) is 4.17. The fraction of sp³-hybridized carbons (Fsp3) is 0.500. The van der Waals surface area contributed by atoms with E-state index < -0.39 is 0 Å². The van der Waals surface area contributed by atoms with Gasteiger partial charge in [-0.2, -0.15) is 0 Å². The van der Waals surface area contributed by atoms with Gasteiger partial charge in [-0.25, -0.2) is 9.37 Å². The average molecular weight is 264 g/mol. The Morgan fingerprint density at radius 3 is 2.79 bits per heavy atom. The van der Waals surface area contributed by atoms with Gasteiger partial charge in [0.25, 0.3) is 0 Å². The topological polar surface area (TPSA) is 47.1 Å². The molecule has 0 aliphatic carbocycles. The molecular formula is C14H21FN4. The summed E-state index contributed by atoms with van der Waals surface area (Å²) in [5.41, 5.74) is 7.69. The number of fused-ring (bicyclic) bond motifs is 1. The van der Waals surface area contributed by atoms with E-state index in [1.165, 1.54) is 12.1 Å². The van der Waals surface area contributed by atoms with Crippen LogP contribution in [0.25, 0.3) is 11.0 Å². The first kappa shape index (κ1) is 14.0. The predicted octanol–water partition coefficient (Wildman–Crippen LogP) is 1.97. The summed E-state index contributed by atoms with van der Waals surface area (Å²) in [7, 11) is 3.98. The summed E-state index contributed by atoms with van der Waals surface area (Å²) in [5, 5.41) is 0. The number of nitrogens with zero attached hydrogens (tertiary/aromatic N) is 3. The van der Waals surface area contributed by atoms with Gasteiger partial charge in [0, 0.05) is 18.7 Å². The quantitative estimate of drug-likeness (QED) is 0.898. The number of benzene rings is 1. The maximum absolute atomic E-state index is 13.3. The molecule has 1 unspecified atom stereocenters. The molecule has 2 aromatic rings. The summed E-state index contributed by atoms with van der Waals surface area (Å²) in [6, 6.07) is 4.81. The molecule has 5 heteroatoms. The monoisotopic (exact) mass is 264 g/mol. The number of halogens is 1. The van der Waals surface area contributed by atoms with Crippen molar-refractivity contribution in [2.24, 2.45) is 5.73 Å². The van der Waals surface area contributed by atoms with Crippen LogP contribution in [0, 0.1) is 5.82 Å². The molecular weight excluding hydrogens is 243 g/mol. The van der Waals surface area contributed by atoms with Crippen LogP contribution < -0.4 is 5.73 Å². The van der Waals surface area contributed by atoms with Crippen molar-refractivity contribution >= 4 is 11.0 Å². The molecule has 4 nitrogen and oxygen atoms in total. The van der Waals surface area contributed by atoms with E-state index in [2.05, 4.69) is 16.5 Å². The average Bonchev–Trinajstić information content (AvgIpc) is 2.65. The molecule has 1 atom stereocenters. The predicted molar refractivity (Wildman–Crippen MR) is 75.3 cm³/mol. The molecule has 0 aliphatic rings. The van der Waals surface area contributed by atoms with Crippen LogP contribution in [-0.4, -0.2) is 34.6 Å². The van der Waals surface area contributed by atoms with Gasteiger partial charge in [-0.05, 0) is 32.6 Å². The van der Waals surface area contributed by atoms with Crippen molar-refractivity contribution < 1.29 is 4.39 Å². The minimum absolute atomic E-state index is 0.0864. The van der Waals surface area contributed by atoms with Crippen LogP contribution in [0.5, 0.6) is 0 Å². The minimum Gasteiger partial charge on any atom is -0.326 e. The second-order valence-electron chi connectivity index (χ2n) is 5.18. The highest BCUT2D eigenvalue weighted by molar-refractivity contribution is 5.76. The van der Waals surface area contributed by atoms with Gasteiger partial charge in [0.1, 0.15) is 11.6 Å². The molecule has 19 heavy (non-hydrogen) atoms. The summed E-state index contributed by atoms with van der Waals surface area (Å²) in [5.74, 6) is 0.669. The first-order chi connectivity index (χ1) is 9.01. The summed E-state index contributed by atoms with van der Waals surface area (Å²) < 4.78 is 15.4. The number of nitrogens with two attached hydrogens (primary N) is 1. The highest BCUT2D eigenvalue weighted by atomic mass is 19.1. The van der Waals surface area contributed by atoms with Crippen molar-refractivity contribution in [3.05, 3.63) is 29.8 Å². The zero-order valence-corrected chi connectivity index (χ0v) is 11.7. The van der Waals surface area contributed by atoms with Crippen molar-refractivity contribution in [3.63, 3.8) is 0 Å². The first-order valence-electron chi connectivity index (χ1n) is 6.56. The fourth-order valence-corrected chi connectivity index (χ4v) is 2.12. The second kappa shape index (κ2) is 5.67. The molecule has 2 N–H and O–H groups in total. The normalized spacial score (nSPS) is 13.4. The van der Waals surface area contributed by atoms with E-state index in [-0.39, 0.29) is 11.9 Å². The highest BCUT2D eigenvalue weighted by Crippen LogP contribution is 2.19. The lowest BCUT2D eigenvalue weighted by molar-refractivity contribution is 0.377. The van der Waals surface area contributed by atoms with Gasteiger partial charge in [-0.3, -0.25) is 0 Å². The van der Waals surface area contributed by atoms with E-state index in [1.54, 1.807) is 6.07 Å². The zero-order valence-electron chi connectivity index (χ0n) is 11.7. The van der Waals surface area contributed by atoms with Crippen LogP contribution >= 0.6 is 0 Å². The van der Waals surface area contributed by atoms with Gasteiger partial charge in [0.2, 0.25) is 0 Å². The van der Waals surface area contributed by atoms with Crippen molar-refractivity contribution in [2.45, 2.75) is 32.5 Å². The van der Waals surface area contributed by atoms with E-state index in [0.29, 0.717) is 18.6 Å². The van der Waals surface area contributed by atoms with Crippen LogP contribution in [0.15, 0.2) is 18.2 Å². The van der Waals surface area contributed by atoms with Gasteiger partial charge >= 0.3 is 0 Å². The third-order valence-electron chi connectivity index (χ3n) is 3.19. The lowest BCUT2D eigenvalue weighted by Crippen LogP contribution is -2.27. The molecule has 0 fully saturated rings. The summed E-state index contributed by atoms with van der Waals surface area (Å²) >= 11 is 0. The van der Waals surface area contributed by atoms with Crippen LogP contribution in [0.3, 0.4) is 0 Å². The fourth-order valence-electron chi connectivity index (χ4n) is 2.12. The maximum atomic E-state index is 13.3. The summed E-state index contributed by atoms with van der Waals surface area (Å²) in [6.45, 7) is 3.49. The van der Waals surface area contributed by atoms with E-state index in [0.717, 1.165) is 17.8 Å². The second-order valence-corrected chi connectivity index (χ2v) is 5.18. The van der Waals surface area contributed by atoms with E-state index >= 15 is 0 Å². The lowest BCUT2D eigenvalue weighted by atomic mass is 10.2. The molecule has 2 rings (SSSR count). The first-order valence-corrected chi connectivity index (χ1v) is 6.56. The third kappa shape index (κ3) is 3.11. The Morgan fingerprint density at radius 2 is 2.16 bits per heavy atom. The molecule has 0 saturated heterocycles. The van der Waals surface area contributed by atoms with E-state index in [4.69, 9.17) is 5.73 Å². The van der Waals surface area contributed by atoms with Crippen LogP contribution in [0.2, 0.25) is 0 Å². The van der Waals surface area contributed by atoms with Crippen LogP contribution in [-0.2, 0) is 13.1 Å². The number of rotatable bonds is 5. The number of hydrogen-bond acceptors (Lipinski definition) is 3. The Balaban J connectivity index is 2.48. The van der Waals surface area contributed by atoms with Crippen molar-refractivity contribution in [3.8, 4) is 0 Å². The smallest absolute Gasteiger partial charge is 0.125 e. The molecule has 104 valence electrons. The number of imidazole rings is 1. The Morgan fingerprint density at radius 1 is 1.42 bits per heavy atom. The molecule has 0 bridgehead atoms. The molecule has 1 aromatic heterocycles. The number of hydrogen-bond donors (Lipinski definition) is 1. The molecule has 0 aliphatic heterocycles. The minimum atomic E-state index is -0.256. The molecule has 0 radical (unpaired) electrons. The molecule has 1 heterocycles. The van der Waals surface area contributed by atoms with Gasteiger partial charge in [0.05, 0.1) is 17.6 Å². The van der Waals surface area contributed by atoms with Crippen LogP contribution in [0.1, 0.15) is 19.2 Å².